The molecule has 0 saturated heterocycles. The summed E-state index contributed by atoms with van der Waals surface area (Å²) in [5, 5.41) is 10.3. The molecule has 39 heavy (non-hydrogen) atoms. The summed E-state index contributed by atoms with van der Waals surface area (Å²) in [6.07, 6.45) is 4.90. The minimum Gasteiger partial charge on any atom is -0.497 e. The number of benzene rings is 1. The van der Waals surface area contributed by atoms with Crippen molar-refractivity contribution in [3.63, 3.8) is 0 Å². The van der Waals surface area contributed by atoms with Crippen molar-refractivity contribution in [2.45, 2.75) is 13.8 Å². The molecule has 11 heteroatoms. The van der Waals surface area contributed by atoms with Crippen LogP contribution in [0.1, 0.15) is 13.8 Å². The molecule has 0 fully saturated rings. The van der Waals surface area contributed by atoms with Crippen LogP contribution in [0.4, 0.5) is 10.1 Å². The van der Waals surface area contributed by atoms with Gasteiger partial charge in [0.2, 0.25) is 5.91 Å². The number of rotatable bonds is 6. The number of amides is 1. The van der Waals surface area contributed by atoms with Crippen LogP contribution in [0, 0.1) is 11.7 Å². The van der Waals surface area contributed by atoms with Gasteiger partial charge in [-0.15, -0.1) is 0 Å². The predicted molar refractivity (Wildman–Crippen MR) is 145 cm³/mol. The fraction of sp³-hybridized carbons (Fsp3) is 0.143. The molecule has 194 valence electrons. The highest BCUT2D eigenvalue weighted by atomic mass is 19.1. The monoisotopic (exact) mass is 522 g/mol. The SMILES string of the molecule is COc1cc(F)cc(-c2ccnc3nc(-c4n[nH]c5ccc(-c6cncc(NC(=O)C(C)C)c6)nc45)[nH]c23)c1. The van der Waals surface area contributed by atoms with E-state index in [0.717, 1.165) is 16.6 Å². The molecule has 0 aliphatic rings. The maximum atomic E-state index is 14.2. The number of hydrogen-bond acceptors (Lipinski definition) is 7. The average Bonchev–Trinajstić information content (AvgIpc) is 3.56. The second kappa shape index (κ2) is 9.60. The number of pyridine rings is 3. The highest BCUT2D eigenvalue weighted by molar-refractivity contribution is 5.95. The van der Waals surface area contributed by atoms with Crippen molar-refractivity contribution in [2.75, 3.05) is 12.4 Å². The number of imidazole rings is 1. The van der Waals surface area contributed by atoms with Crippen LogP contribution in [0.5, 0.6) is 5.75 Å². The second-order valence-corrected chi connectivity index (χ2v) is 9.29. The fourth-order valence-corrected chi connectivity index (χ4v) is 4.26. The standard InChI is InChI=1S/C28H23FN8O2/c1-14(2)28(38)32-18-9-16(12-30-13-18)21-4-5-22-24(33-21)25(37-36-22)27-34-23-20(6-7-31-26(23)35-27)15-8-17(29)11-19(10-15)39-3/h4-14H,1-3H3,(H,32,38)(H,36,37)(H,31,34,35). The Morgan fingerprint density at radius 3 is 2.74 bits per heavy atom. The number of nitrogens with zero attached hydrogens (tertiary/aromatic N) is 5. The van der Waals surface area contributed by atoms with Crippen LogP contribution in [0.3, 0.4) is 0 Å². The molecule has 1 amide bonds. The Morgan fingerprint density at radius 1 is 1.05 bits per heavy atom. The predicted octanol–water partition coefficient (Wildman–Crippen LogP) is 5.37. The lowest BCUT2D eigenvalue weighted by Gasteiger charge is -2.08. The van der Waals surface area contributed by atoms with Gasteiger partial charge in [-0.25, -0.2) is 19.3 Å². The van der Waals surface area contributed by atoms with Gasteiger partial charge in [0.05, 0.1) is 35.7 Å². The Labute approximate surface area is 221 Å². The summed E-state index contributed by atoms with van der Waals surface area (Å²) in [5.41, 5.74) is 6.22. The summed E-state index contributed by atoms with van der Waals surface area (Å²) in [6.45, 7) is 3.65. The number of fused-ring (bicyclic) bond motifs is 2. The molecule has 1 aromatic carbocycles. The number of hydrogen-bond donors (Lipinski definition) is 3. The van der Waals surface area contributed by atoms with Gasteiger partial charge in [-0.1, -0.05) is 13.8 Å². The summed E-state index contributed by atoms with van der Waals surface area (Å²) in [6, 6.07) is 11.8. The van der Waals surface area contributed by atoms with Crippen molar-refractivity contribution in [3.8, 4) is 39.7 Å². The molecular weight excluding hydrogens is 499 g/mol. The number of aromatic nitrogens is 7. The molecule has 6 aromatic rings. The molecule has 0 saturated carbocycles. The van der Waals surface area contributed by atoms with Gasteiger partial charge in [0.15, 0.2) is 17.2 Å². The van der Waals surface area contributed by atoms with Crippen molar-refractivity contribution in [1.29, 1.82) is 0 Å². The number of ether oxygens (including phenoxy) is 1. The minimum atomic E-state index is -0.411. The van der Waals surface area contributed by atoms with Crippen LogP contribution in [-0.4, -0.2) is 48.1 Å². The summed E-state index contributed by atoms with van der Waals surface area (Å²) in [4.78, 5) is 33.6. The Bertz CT molecular complexity index is 1860. The Hall–Kier alpha value is -5.19. The Morgan fingerprint density at radius 2 is 1.92 bits per heavy atom. The quantitative estimate of drug-likeness (QED) is 0.268. The van der Waals surface area contributed by atoms with Crippen molar-refractivity contribution in [1.82, 2.24) is 35.1 Å². The molecule has 5 aromatic heterocycles. The van der Waals surface area contributed by atoms with Crippen LogP contribution in [0.25, 0.3) is 56.1 Å². The molecule has 0 aliphatic heterocycles. The van der Waals surface area contributed by atoms with E-state index in [4.69, 9.17) is 9.72 Å². The van der Waals surface area contributed by atoms with Gasteiger partial charge in [0.1, 0.15) is 17.1 Å². The number of H-pyrrole nitrogens is 2. The van der Waals surface area contributed by atoms with Crippen molar-refractivity contribution in [2.24, 2.45) is 5.92 Å². The zero-order valence-corrected chi connectivity index (χ0v) is 21.3. The lowest BCUT2D eigenvalue weighted by atomic mass is 10.1. The topological polar surface area (TPSA) is 134 Å². The smallest absolute Gasteiger partial charge is 0.226 e. The maximum absolute atomic E-state index is 14.2. The zero-order valence-electron chi connectivity index (χ0n) is 21.3. The summed E-state index contributed by atoms with van der Waals surface area (Å²) >= 11 is 0. The van der Waals surface area contributed by atoms with Crippen LogP contribution in [0.15, 0.2) is 61.1 Å². The van der Waals surface area contributed by atoms with E-state index in [-0.39, 0.29) is 11.8 Å². The summed E-state index contributed by atoms with van der Waals surface area (Å²) < 4.78 is 19.5. The third-order valence-electron chi connectivity index (χ3n) is 6.27. The minimum absolute atomic E-state index is 0.0935. The van der Waals surface area contributed by atoms with Crippen LogP contribution < -0.4 is 10.1 Å². The summed E-state index contributed by atoms with van der Waals surface area (Å²) in [7, 11) is 1.49. The van der Waals surface area contributed by atoms with Gasteiger partial charge >= 0.3 is 0 Å². The number of nitrogens with one attached hydrogen (secondary N) is 3. The molecule has 5 heterocycles. The Balaban J connectivity index is 1.41. The first-order valence-electron chi connectivity index (χ1n) is 12.2. The van der Waals surface area contributed by atoms with E-state index in [2.05, 4.69) is 35.5 Å². The third-order valence-corrected chi connectivity index (χ3v) is 6.27. The number of halogens is 1. The van der Waals surface area contributed by atoms with Gasteiger partial charge in [-0.05, 0) is 42.0 Å². The van der Waals surface area contributed by atoms with Crippen LogP contribution in [-0.2, 0) is 4.79 Å². The largest absolute Gasteiger partial charge is 0.497 e. The molecular formula is C28H23FN8O2. The second-order valence-electron chi connectivity index (χ2n) is 9.29. The number of carbonyl (C=O) groups excluding carboxylic acids is 1. The van der Waals surface area contributed by atoms with E-state index < -0.39 is 5.82 Å². The van der Waals surface area contributed by atoms with Crippen LogP contribution in [0.2, 0.25) is 0 Å². The zero-order chi connectivity index (χ0) is 27.1. The number of carbonyl (C=O) groups is 1. The number of aromatic amines is 2. The van der Waals surface area contributed by atoms with Gasteiger partial charge in [0, 0.05) is 35.5 Å². The molecule has 6 rings (SSSR count). The van der Waals surface area contributed by atoms with E-state index in [1.165, 1.54) is 19.2 Å². The highest BCUT2D eigenvalue weighted by Crippen LogP contribution is 2.33. The van der Waals surface area contributed by atoms with Crippen molar-refractivity contribution in [3.05, 3.63) is 66.9 Å². The highest BCUT2D eigenvalue weighted by Gasteiger charge is 2.18. The molecule has 3 N–H and O–H groups in total. The normalized spacial score (nSPS) is 11.4. The van der Waals surface area contributed by atoms with E-state index in [0.29, 0.717) is 50.9 Å². The first-order valence-corrected chi connectivity index (χ1v) is 12.2. The molecule has 0 aliphatic carbocycles. The number of anilines is 1. The lowest BCUT2D eigenvalue weighted by Crippen LogP contribution is -2.17. The molecule has 10 nitrogen and oxygen atoms in total. The average molecular weight is 523 g/mol. The van der Waals surface area contributed by atoms with Crippen molar-refractivity contribution >= 4 is 33.8 Å². The van der Waals surface area contributed by atoms with E-state index in [1.807, 2.05) is 32.0 Å². The molecule has 0 bridgehead atoms. The first-order chi connectivity index (χ1) is 18.9. The van der Waals surface area contributed by atoms with Crippen molar-refractivity contribution < 1.29 is 13.9 Å². The van der Waals surface area contributed by atoms with Gasteiger partial charge in [-0.2, -0.15) is 5.10 Å². The molecule has 0 spiro atoms. The maximum Gasteiger partial charge on any atom is 0.226 e. The lowest BCUT2D eigenvalue weighted by molar-refractivity contribution is -0.118. The Kier molecular flexibility index (Phi) is 5.95. The van der Waals surface area contributed by atoms with Gasteiger partial charge < -0.3 is 15.0 Å². The third kappa shape index (κ3) is 4.54. The van der Waals surface area contributed by atoms with Crippen LogP contribution >= 0.6 is 0 Å². The fourth-order valence-electron chi connectivity index (χ4n) is 4.26. The first kappa shape index (κ1) is 24.2. The van der Waals surface area contributed by atoms with Gasteiger partial charge in [-0.3, -0.25) is 14.9 Å². The van der Waals surface area contributed by atoms with E-state index in [1.54, 1.807) is 30.7 Å². The summed E-state index contributed by atoms with van der Waals surface area (Å²) in [5.74, 6) is 0.209. The molecule has 0 unspecified atom stereocenters. The molecule has 0 radical (unpaired) electrons. The number of methoxy groups -OCH3 is 1. The van der Waals surface area contributed by atoms with E-state index >= 15 is 0 Å². The van der Waals surface area contributed by atoms with Gasteiger partial charge in [0.25, 0.3) is 0 Å². The molecule has 0 atom stereocenters. The van der Waals surface area contributed by atoms with E-state index in [9.17, 15) is 9.18 Å².